The fourth-order valence-electron chi connectivity index (χ4n) is 5.40. The second kappa shape index (κ2) is 9.41. The van der Waals surface area contributed by atoms with Crippen LogP contribution in [0.5, 0.6) is 0 Å². The number of nitrogens with zero attached hydrogens (tertiary/aromatic N) is 2. The van der Waals surface area contributed by atoms with E-state index in [0.29, 0.717) is 31.7 Å². The molecule has 1 N–H and O–H groups in total. The maximum Gasteiger partial charge on any atom is 0.411 e. The van der Waals surface area contributed by atoms with Gasteiger partial charge in [-0.15, -0.1) is 0 Å². The first-order valence-corrected chi connectivity index (χ1v) is 12.2. The topological polar surface area (TPSA) is 70.1 Å². The average Bonchev–Trinajstić information content (AvgIpc) is 2.80. The number of piperidine rings is 1. The van der Waals surface area contributed by atoms with Gasteiger partial charge in [0.05, 0.1) is 11.6 Å². The van der Waals surface area contributed by atoms with Crippen LogP contribution < -0.4 is 0 Å². The van der Waals surface area contributed by atoms with E-state index in [1.54, 1.807) is 23.6 Å². The van der Waals surface area contributed by atoms with Crippen LogP contribution in [0.2, 0.25) is 0 Å². The van der Waals surface area contributed by atoms with E-state index in [1.165, 1.54) is 5.56 Å². The van der Waals surface area contributed by atoms with Crippen LogP contribution in [0.1, 0.15) is 75.1 Å². The first-order chi connectivity index (χ1) is 16.1. The number of aliphatic hydroxyl groups is 1. The fourth-order valence-corrected chi connectivity index (χ4v) is 5.40. The van der Waals surface area contributed by atoms with Gasteiger partial charge in [0, 0.05) is 45.3 Å². The Morgan fingerprint density at radius 3 is 2.38 bits per heavy atom. The Hall–Kier alpha value is -2.86. The minimum absolute atomic E-state index is 0.131. The zero-order valence-corrected chi connectivity index (χ0v) is 20.7. The molecule has 0 aliphatic carbocycles. The highest BCUT2D eigenvalue weighted by Crippen LogP contribution is 2.42. The molecule has 2 aliphatic rings. The molecule has 2 saturated heterocycles. The highest BCUT2D eigenvalue weighted by atomic mass is 16.6. The average molecular weight is 465 g/mol. The van der Waals surface area contributed by atoms with E-state index in [-0.39, 0.29) is 18.0 Å². The number of cyclic esters (lactones) is 1. The van der Waals surface area contributed by atoms with Crippen molar-refractivity contribution in [3.63, 3.8) is 0 Å². The normalized spacial score (nSPS) is 24.7. The maximum absolute atomic E-state index is 13.2. The quantitative estimate of drug-likeness (QED) is 0.654. The van der Waals surface area contributed by atoms with Crippen molar-refractivity contribution in [2.75, 3.05) is 20.1 Å². The van der Waals surface area contributed by atoms with Crippen LogP contribution in [0, 0.1) is 0 Å². The standard InChI is InChI=1S/C28H36N2O4/c1-20(21-10-12-22(13-11-21)23-14-15-25(31)29(4)18-23)30-17-16-28(34-26(30)32,19-27(2,3)33)24-8-6-5-7-9-24/h5-13,20,23,33H,14-19H2,1-4H3. The maximum atomic E-state index is 13.2. The van der Waals surface area contributed by atoms with Gasteiger partial charge in [0.2, 0.25) is 5.91 Å². The highest BCUT2D eigenvalue weighted by Gasteiger charge is 2.46. The lowest BCUT2D eigenvalue weighted by atomic mass is 9.80. The van der Waals surface area contributed by atoms with Gasteiger partial charge in [0.1, 0.15) is 5.60 Å². The zero-order chi connectivity index (χ0) is 24.5. The highest BCUT2D eigenvalue weighted by molar-refractivity contribution is 5.77. The summed E-state index contributed by atoms with van der Waals surface area (Å²) >= 11 is 0. The Morgan fingerprint density at radius 2 is 1.79 bits per heavy atom. The second-order valence-electron chi connectivity index (χ2n) is 10.5. The van der Waals surface area contributed by atoms with Gasteiger partial charge in [-0.25, -0.2) is 4.79 Å². The van der Waals surface area contributed by atoms with E-state index in [2.05, 4.69) is 24.3 Å². The first kappa shape index (κ1) is 24.3. The molecule has 3 unspecified atom stereocenters. The van der Waals surface area contributed by atoms with Crippen LogP contribution in [0.3, 0.4) is 0 Å². The summed E-state index contributed by atoms with van der Waals surface area (Å²) in [5.41, 5.74) is 1.37. The monoisotopic (exact) mass is 464 g/mol. The summed E-state index contributed by atoms with van der Waals surface area (Å²) in [5.74, 6) is 0.557. The van der Waals surface area contributed by atoms with Gasteiger partial charge >= 0.3 is 6.09 Å². The number of carbonyl (C=O) groups excluding carboxylic acids is 2. The van der Waals surface area contributed by atoms with Crippen molar-refractivity contribution in [1.82, 2.24) is 9.80 Å². The lowest BCUT2D eigenvalue weighted by molar-refractivity contribution is -0.132. The number of benzene rings is 2. The Bertz CT molecular complexity index is 1010. The number of carbonyl (C=O) groups is 2. The molecule has 2 fully saturated rings. The Labute approximate surface area is 202 Å². The van der Waals surface area contributed by atoms with Crippen molar-refractivity contribution >= 4 is 12.0 Å². The molecule has 2 aliphatic heterocycles. The Balaban J connectivity index is 1.48. The molecular formula is C28H36N2O4. The summed E-state index contributed by atoms with van der Waals surface area (Å²) in [6.07, 6.45) is 2.05. The minimum atomic E-state index is -0.975. The summed E-state index contributed by atoms with van der Waals surface area (Å²) in [7, 11) is 1.86. The molecule has 3 atom stereocenters. The summed E-state index contributed by atoms with van der Waals surface area (Å²) in [6.45, 7) is 6.82. The largest absolute Gasteiger partial charge is 0.438 e. The molecule has 34 heavy (non-hydrogen) atoms. The van der Waals surface area contributed by atoms with Crippen molar-refractivity contribution in [2.24, 2.45) is 0 Å². The molecule has 182 valence electrons. The van der Waals surface area contributed by atoms with Crippen LogP contribution in [0.15, 0.2) is 54.6 Å². The SMILES string of the molecule is CC(c1ccc(C2CCC(=O)N(C)C2)cc1)N1CCC(CC(C)(C)O)(c2ccccc2)OC1=O. The molecule has 0 spiro atoms. The molecule has 0 radical (unpaired) electrons. The van der Waals surface area contributed by atoms with Crippen molar-refractivity contribution in [1.29, 1.82) is 0 Å². The number of hydrogen-bond donors (Lipinski definition) is 1. The van der Waals surface area contributed by atoms with E-state index < -0.39 is 11.2 Å². The van der Waals surface area contributed by atoms with Crippen molar-refractivity contribution in [3.05, 3.63) is 71.3 Å². The molecule has 4 rings (SSSR count). The first-order valence-electron chi connectivity index (χ1n) is 12.2. The number of hydrogen-bond acceptors (Lipinski definition) is 4. The Kier molecular flexibility index (Phi) is 6.72. The van der Waals surface area contributed by atoms with Gasteiger partial charge in [-0.3, -0.25) is 4.79 Å². The molecule has 6 heteroatoms. The molecule has 0 saturated carbocycles. The number of rotatable bonds is 6. The van der Waals surface area contributed by atoms with E-state index in [0.717, 1.165) is 24.1 Å². The lowest BCUT2D eigenvalue weighted by Crippen LogP contribution is -2.51. The molecule has 2 amide bonds. The third kappa shape index (κ3) is 5.12. The van der Waals surface area contributed by atoms with Gasteiger partial charge < -0.3 is 19.6 Å². The molecule has 2 aromatic carbocycles. The molecular weight excluding hydrogens is 428 g/mol. The van der Waals surface area contributed by atoms with E-state index in [1.807, 2.05) is 44.3 Å². The van der Waals surface area contributed by atoms with E-state index in [4.69, 9.17) is 4.74 Å². The minimum Gasteiger partial charge on any atom is -0.438 e. The summed E-state index contributed by atoms with van der Waals surface area (Å²) < 4.78 is 6.12. The van der Waals surface area contributed by atoms with Crippen molar-refractivity contribution in [3.8, 4) is 0 Å². The summed E-state index contributed by atoms with van der Waals surface area (Å²) in [4.78, 5) is 28.6. The summed E-state index contributed by atoms with van der Waals surface area (Å²) in [6, 6.07) is 18.0. The predicted molar refractivity (Wildman–Crippen MR) is 131 cm³/mol. The van der Waals surface area contributed by atoms with Crippen LogP contribution in [-0.4, -0.2) is 52.6 Å². The third-order valence-electron chi connectivity index (χ3n) is 7.28. The van der Waals surface area contributed by atoms with Crippen LogP contribution in [0.25, 0.3) is 0 Å². The molecule has 2 aromatic rings. The van der Waals surface area contributed by atoms with Gasteiger partial charge in [-0.2, -0.15) is 0 Å². The Morgan fingerprint density at radius 1 is 1.12 bits per heavy atom. The van der Waals surface area contributed by atoms with Gasteiger partial charge in [0.15, 0.2) is 0 Å². The third-order valence-corrected chi connectivity index (χ3v) is 7.28. The second-order valence-corrected chi connectivity index (χ2v) is 10.5. The van der Waals surface area contributed by atoms with E-state index in [9.17, 15) is 14.7 Å². The smallest absolute Gasteiger partial charge is 0.411 e. The fraction of sp³-hybridized carbons (Fsp3) is 0.500. The molecule has 0 bridgehead atoms. The van der Waals surface area contributed by atoms with Crippen molar-refractivity contribution < 1.29 is 19.4 Å². The zero-order valence-electron chi connectivity index (χ0n) is 20.7. The van der Waals surface area contributed by atoms with Crippen LogP contribution >= 0.6 is 0 Å². The van der Waals surface area contributed by atoms with E-state index >= 15 is 0 Å². The van der Waals surface area contributed by atoms with Gasteiger partial charge in [-0.05, 0) is 43.9 Å². The molecule has 2 heterocycles. The molecule has 6 nitrogen and oxygen atoms in total. The summed E-state index contributed by atoms with van der Waals surface area (Å²) in [5, 5.41) is 10.6. The van der Waals surface area contributed by atoms with Crippen LogP contribution in [-0.2, 0) is 15.1 Å². The van der Waals surface area contributed by atoms with Crippen LogP contribution in [0.4, 0.5) is 4.79 Å². The molecule has 0 aromatic heterocycles. The number of likely N-dealkylation sites (tertiary alicyclic amines) is 1. The van der Waals surface area contributed by atoms with Gasteiger partial charge in [0.25, 0.3) is 0 Å². The number of ether oxygens (including phenoxy) is 1. The van der Waals surface area contributed by atoms with Gasteiger partial charge in [-0.1, -0.05) is 54.6 Å². The number of likely N-dealkylation sites (N-methyl/N-ethyl adjacent to an activating group) is 1. The van der Waals surface area contributed by atoms with Crippen molar-refractivity contribution in [2.45, 2.75) is 69.6 Å². The number of amides is 2. The predicted octanol–water partition coefficient (Wildman–Crippen LogP) is 4.98. The lowest BCUT2D eigenvalue weighted by Gasteiger charge is -2.45.